The summed E-state index contributed by atoms with van der Waals surface area (Å²) in [5.41, 5.74) is 2.89. The summed E-state index contributed by atoms with van der Waals surface area (Å²) < 4.78 is 15.8. The molecule has 1 amide bonds. The number of aryl methyl sites for hydroxylation is 1. The monoisotopic (exact) mass is 398 g/mol. The first-order valence-electron chi connectivity index (χ1n) is 9.67. The van der Waals surface area contributed by atoms with Crippen LogP contribution in [0.25, 0.3) is 0 Å². The molecule has 0 aromatic heterocycles. The van der Waals surface area contributed by atoms with Gasteiger partial charge >= 0.3 is 5.97 Å². The SMILES string of the molecule is CCc1ccc(OCC(=O)Nc2ccc(N3CCOCC3)c(C(=O)OC)c2)cc1. The van der Waals surface area contributed by atoms with Crippen molar-refractivity contribution in [3.63, 3.8) is 0 Å². The van der Waals surface area contributed by atoms with E-state index in [0.717, 1.165) is 12.1 Å². The molecule has 0 atom stereocenters. The van der Waals surface area contributed by atoms with Crippen LogP contribution in [-0.2, 0) is 20.7 Å². The minimum absolute atomic E-state index is 0.121. The molecule has 0 radical (unpaired) electrons. The Labute approximate surface area is 170 Å². The van der Waals surface area contributed by atoms with Gasteiger partial charge in [0, 0.05) is 18.8 Å². The number of esters is 1. The van der Waals surface area contributed by atoms with Gasteiger partial charge in [0.2, 0.25) is 0 Å². The average Bonchev–Trinajstić information content (AvgIpc) is 2.78. The number of hydrogen-bond acceptors (Lipinski definition) is 6. The minimum atomic E-state index is -0.449. The normalized spacial score (nSPS) is 13.7. The van der Waals surface area contributed by atoms with Crippen molar-refractivity contribution < 1.29 is 23.8 Å². The van der Waals surface area contributed by atoms with Crippen LogP contribution in [0.15, 0.2) is 42.5 Å². The van der Waals surface area contributed by atoms with Crippen LogP contribution in [0.1, 0.15) is 22.8 Å². The lowest BCUT2D eigenvalue weighted by molar-refractivity contribution is -0.118. The summed E-state index contributed by atoms with van der Waals surface area (Å²) in [6, 6.07) is 12.9. The predicted molar refractivity (Wildman–Crippen MR) is 111 cm³/mol. The van der Waals surface area contributed by atoms with Crippen molar-refractivity contribution in [1.29, 1.82) is 0 Å². The van der Waals surface area contributed by atoms with E-state index < -0.39 is 5.97 Å². The van der Waals surface area contributed by atoms with Crippen LogP contribution in [0.5, 0.6) is 5.75 Å². The van der Waals surface area contributed by atoms with Gasteiger partial charge in [0.15, 0.2) is 6.61 Å². The van der Waals surface area contributed by atoms with Crippen molar-refractivity contribution in [3.05, 3.63) is 53.6 Å². The third-order valence-corrected chi connectivity index (χ3v) is 4.74. The van der Waals surface area contributed by atoms with Gasteiger partial charge in [-0.25, -0.2) is 4.79 Å². The molecule has 2 aromatic carbocycles. The lowest BCUT2D eigenvalue weighted by Crippen LogP contribution is -2.37. The number of ether oxygens (including phenoxy) is 3. The van der Waals surface area contributed by atoms with Gasteiger partial charge in [-0.1, -0.05) is 19.1 Å². The first kappa shape index (κ1) is 20.7. The summed E-state index contributed by atoms with van der Waals surface area (Å²) in [6.07, 6.45) is 0.948. The van der Waals surface area contributed by atoms with Gasteiger partial charge in [-0.05, 0) is 42.3 Å². The quantitative estimate of drug-likeness (QED) is 0.723. The molecular formula is C22H26N2O5. The summed E-state index contributed by atoms with van der Waals surface area (Å²) in [5.74, 6) is -0.121. The maximum absolute atomic E-state index is 12.3. The highest BCUT2D eigenvalue weighted by molar-refractivity contribution is 5.99. The van der Waals surface area contributed by atoms with Crippen molar-refractivity contribution in [2.75, 3.05) is 50.2 Å². The smallest absolute Gasteiger partial charge is 0.340 e. The zero-order valence-electron chi connectivity index (χ0n) is 16.8. The number of carbonyl (C=O) groups excluding carboxylic acids is 2. The lowest BCUT2D eigenvalue weighted by Gasteiger charge is -2.30. The second-order valence-electron chi connectivity index (χ2n) is 6.66. The molecule has 154 valence electrons. The summed E-state index contributed by atoms with van der Waals surface area (Å²) in [6.45, 7) is 4.56. The molecule has 1 aliphatic rings. The van der Waals surface area contributed by atoms with Crippen LogP contribution in [0.3, 0.4) is 0 Å². The number of morpholine rings is 1. The molecule has 0 spiro atoms. The highest BCUT2D eigenvalue weighted by Gasteiger charge is 2.20. The number of benzene rings is 2. The standard InChI is InChI=1S/C22H26N2O5/c1-3-16-4-7-18(8-5-16)29-15-21(25)23-17-6-9-20(19(14-17)22(26)27-2)24-10-12-28-13-11-24/h4-9,14H,3,10-13,15H2,1-2H3,(H,23,25). The van der Waals surface area contributed by atoms with Gasteiger partial charge in [0.1, 0.15) is 5.75 Å². The van der Waals surface area contributed by atoms with E-state index in [1.54, 1.807) is 12.1 Å². The van der Waals surface area contributed by atoms with Gasteiger partial charge in [-0.3, -0.25) is 4.79 Å². The van der Waals surface area contributed by atoms with Gasteiger partial charge in [-0.15, -0.1) is 0 Å². The van der Waals surface area contributed by atoms with Crippen molar-refractivity contribution >= 4 is 23.3 Å². The molecule has 1 fully saturated rings. The van der Waals surface area contributed by atoms with E-state index >= 15 is 0 Å². The van der Waals surface area contributed by atoms with Crippen LogP contribution >= 0.6 is 0 Å². The first-order valence-corrected chi connectivity index (χ1v) is 9.67. The summed E-state index contributed by atoms with van der Waals surface area (Å²) in [5, 5.41) is 2.77. The Balaban J connectivity index is 1.66. The molecule has 7 heteroatoms. The first-order chi connectivity index (χ1) is 14.1. The highest BCUT2D eigenvalue weighted by Crippen LogP contribution is 2.26. The maximum atomic E-state index is 12.3. The molecule has 1 saturated heterocycles. The molecule has 2 aromatic rings. The van der Waals surface area contributed by atoms with Crippen LogP contribution < -0.4 is 15.0 Å². The Kier molecular flexibility index (Phi) is 7.08. The molecule has 0 bridgehead atoms. The minimum Gasteiger partial charge on any atom is -0.484 e. The molecular weight excluding hydrogens is 372 g/mol. The van der Waals surface area contributed by atoms with Crippen LogP contribution in [-0.4, -0.2) is 51.9 Å². The number of methoxy groups -OCH3 is 1. The van der Waals surface area contributed by atoms with Gasteiger partial charge in [0.05, 0.1) is 31.6 Å². The predicted octanol–water partition coefficient (Wildman–Crippen LogP) is 2.89. The third-order valence-electron chi connectivity index (χ3n) is 4.74. The largest absolute Gasteiger partial charge is 0.484 e. The number of amides is 1. The molecule has 1 aliphatic heterocycles. The van der Waals surface area contributed by atoms with E-state index in [0.29, 0.717) is 43.3 Å². The number of nitrogens with zero attached hydrogens (tertiary/aromatic N) is 1. The Bertz CT molecular complexity index is 845. The van der Waals surface area contributed by atoms with Gasteiger partial charge < -0.3 is 24.4 Å². The number of hydrogen-bond donors (Lipinski definition) is 1. The van der Waals surface area contributed by atoms with E-state index in [1.165, 1.54) is 12.7 Å². The van der Waals surface area contributed by atoms with Crippen molar-refractivity contribution in [2.24, 2.45) is 0 Å². The number of anilines is 2. The van der Waals surface area contributed by atoms with E-state index in [9.17, 15) is 9.59 Å². The Morgan fingerprint density at radius 1 is 1.10 bits per heavy atom. The van der Waals surface area contributed by atoms with Crippen molar-refractivity contribution in [3.8, 4) is 5.75 Å². The summed E-state index contributed by atoms with van der Waals surface area (Å²) in [4.78, 5) is 26.6. The van der Waals surface area contributed by atoms with Crippen LogP contribution in [0.4, 0.5) is 11.4 Å². The third kappa shape index (κ3) is 5.48. The van der Waals surface area contributed by atoms with E-state index in [2.05, 4.69) is 17.1 Å². The molecule has 3 rings (SSSR count). The topological polar surface area (TPSA) is 77.1 Å². The zero-order chi connectivity index (χ0) is 20.6. The van der Waals surface area contributed by atoms with E-state index in [4.69, 9.17) is 14.2 Å². The van der Waals surface area contributed by atoms with Gasteiger partial charge in [0.25, 0.3) is 5.91 Å². The second kappa shape index (κ2) is 9.93. The zero-order valence-corrected chi connectivity index (χ0v) is 16.8. The maximum Gasteiger partial charge on any atom is 0.340 e. The molecule has 1 heterocycles. The number of carbonyl (C=O) groups is 2. The Morgan fingerprint density at radius 3 is 2.48 bits per heavy atom. The highest BCUT2D eigenvalue weighted by atomic mass is 16.5. The lowest BCUT2D eigenvalue weighted by atomic mass is 10.1. The van der Waals surface area contributed by atoms with Crippen LogP contribution in [0.2, 0.25) is 0 Å². The van der Waals surface area contributed by atoms with Crippen LogP contribution in [0, 0.1) is 0 Å². The van der Waals surface area contributed by atoms with E-state index in [1.807, 2.05) is 30.3 Å². The van der Waals surface area contributed by atoms with Crippen molar-refractivity contribution in [1.82, 2.24) is 0 Å². The summed E-state index contributed by atoms with van der Waals surface area (Å²) in [7, 11) is 1.34. The number of rotatable bonds is 7. The fourth-order valence-corrected chi connectivity index (χ4v) is 3.13. The van der Waals surface area contributed by atoms with Gasteiger partial charge in [-0.2, -0.15) is 0 Å². The average molecular weight is 398 g/mol. The second-order valence-corrected chi connectivity index (χ2v) is 6.66. The Morgan fingerprint density at radius 2 is 1.83 bits per heavy atom. The number of nitrogens with one attached hydrogen (secondary N) is 1. The molecule has 0 saturated carbocycles. The molecule has 0 unspecified atom stereocenters. The molecule has 7 nitrogen and oxygen atoms in total. The van der Waals surface area contributed by atoms with E-state index in [-0.39, 0.29) is 12.5 Å². The fourth-order valence-electron chi connectivity index (χ4n) is 3.13. The summed E-state index contributed by atoms with van der Waals surface area (Å²) >= 11 is 0. The fraction of sp³-hybridized carbons (Fsp3) is 0.364. The molecule has 29 heavy (non-hydrogen) atoms. The molecule has 1 N–H and O–H groups in total. The molecule has 0 aliphatic carbocycles. The Hall–Kier alpha value is -3.06. The van der Waals surface area contributed by atoms with Crippen molar-refractivity contribution in [2.45, 2.75) is 13.3 Å².